The second-order valence-corrected chi connectivity index (χ2v) is 7.90. The van der Waals surface area contributed by atoms with E-state index in [2.05, 4.69) is 10.6 Å². The van der Waals surface area contributed by atoms with Crippen LogP contribution in [0, 0.1) is 10.1 Å². The summed E-state index contributed by atoms with van der Waals surface area (Å²) in [6, 6.07) is 10.9. The highest BCUT2D eigenvalue weighted by Gasteiger charge is 2.29. The van der Waals surface area contributed by atoms with E-state index in [0.717, 1.165) is 12.8 Å². The predicted octanol–water partition coefficient (Wildman–Crippen LogP) is 3.02. The molecule has 0 saturated carbocycles. The van der Waals surface area contributed by atoms with Crippen LogP contribution >= 0.6 is 0 Å². The summed E-state index contributed by atoms with van der Waals surface area (Å²) >= 11 is 0. The topological polar surface area (TPSA) is 122 Å². The second kappa shape index (κ2) is 7.72. The van der Waals surface area contributed by atoms with Crippen molar-refractivity contribution >= 4 is 33.1 Å². The number of carbonyl (C=O) groups is 1. The van der Waals surface area contributed by atoms with Gasteiger partial charge >= 0.3 is 6.03 Å². The van der Waals surface area contributed by atoms with Crippen molar-refractivity contribution in [3.63, 3.8) is 0 Å². The third-order valence-corrected chi connectivity index (χ3v) is 6.11. The van der Waals surface area contributed by atoms with Crippen molar-refractivity contribution in [2.45, 2.75) is 17.7 Å². The summed E-state index contributed by atoms with van der Waals surface area (Å²) in [6.45, 7) is 0.928. The Morgan fingerprint density at radius 3 is 2.26 bits per heavy atom. The van der Waals surface area contributed by atoms with Crippen LogP contribution < -0.4 is 10.6 Å². The fraction of sp³-hybridized carbons (Fsp3) is 0.235. The van der Waals surface area contributed by atoms with Gasteiger partial charge in [0, 0.05) is 30.9 Å². The van der Waals surface area contributed by atoms with Gasteiger partial charge in [0.25, 0.3) is 5.69 Å². The molecule has 0 unspecified atom stereocenters. The van der Waals surface area contributed by atoms with Crippen molar-refractivity contribution in [2.24, 2.45) is 0 Å². The van der Waals surface area contributed by atoms with Gasteiger partial charge in [-0.1, -0.05) is 12.1 Å². The van der Waals surface area contributed by atoms with Gasteiger partial charge in [-0.05, 0) is 37.1 Å². The zero-order valence-corrected chi connectivity index (χ0v) is 15.1. The first kappa shape index (κ1) is 18.8. The Morgan fingerprint density at radius 1 is 1.00 bits per heavy atom. The highest BCUT2D eigenvalue weighted by Crippen LogP contribution is 2.27. The van der Waals surface area contributed by atoms with Crippen LogP contribution in [-0.4, -0.2) is 36.8 Å². The van der Waals surface area contributed by atoms with Crippen molar-refractivity contribution < 1.29 is 18.1 Å². The highest BCUT2D eigenvalue weighted by atomic mass is 32.2. The summed E-state index contributed by atoms with van der Waals surface area (Å²) in [4.78, 5) is 22.4. The quantitative estimate of drug-likeness (QED) is 0.600. The third-order valence-electron chi connectivity index (χ3n) is 4.15. The first-order valence-electron chi connectivity index (χ1n) is 8.29. The Balaban J connectivity index is 1.75. The number of rotatable bonds is 5. The third kappa shape index (κ3) is 4.23. The molecule has 10 heteroatoms. The van der Waals surface area contributed by atoms with Gasteiger partial charge in [0.1, 0.15) is 4.90 Å². The number of nitro benzene ring substituents is 1. The maximum Gasteiger partial charge on any atom is 0.323 e. The molecular weight excluding hydrogens is 372 g/mol. The average Bonchev–Trinajstić information content (AvgIpc) is 3.18. The Labute approximate surface area is 156 Å². The molecule has 1 fully saturated rings. The van der Waals surface area contributed by atoms with E-state index >= 15 is 0 Å². The zero-order chi connectivity index (χ0) is 19.4. The van der Waals surface area contributed by atoms with E-state index < -0.39 is 21.0 Å². The number of anilines is 2. The lowest BCUT2D eigenvalue weighted by Gasteiger charge is -2.18. The highest BCUT2D eigenvalue weighted by molar-refractivity contribution is 7.89. The molecule has 2 aromatic rings. The number of hydrogen-bond acceptors (Lipinski definition) is 5. The molecule has 1 aliphatic heterocycles. The maximum atomic E-state index is 12.8. The van der Waals surface area contributed by atoms with Crippen LogP contribution in [0.4, 0.5) is 21.9 Å². The summed E-state index contributed by atoms with van der Waals surface area (Å²) in [5.74, 6) is 0. The fourth-order valence-electron chi connectivity index (χ4n) is 2.81. The summed E-state index contributed by atoms with van der Waals surface area (Å²) in [5, 5.41) is 15.7. The zero-order valence-electron chi connectivity index (χ0n) is 14.3. The lowest BCUT2D eigenvalue weighted by molar-refractivity contribution is -0.384. The van der Waals surface area contributed by atoms with Crippen molar-refractivity contribution in [3.8, 4) is 0 Å². The Morgan fingerprint density at radius 2 is 1.63 bits per heavy atom. The van der Waals surface area contributed by atoms with E-state index in [0.29, 0.717) is 18.8 Å². The number of nitrogens with zero attached hydrogens (tertiary/aromatic N) is 2. The fourth-order valence-corrected chi connectivity index (χ4v) is 4.48. The second-order valence-electron chi connectivity index (χ2n) is 5.99. The van der Waals surface area contributed by atoms with Crippen LogP contribution in [0.5, 0.6) is 0 Å². The molecule has 1 saturated heterocycles. The number of benzene rings is 2. The Hall–Kier alpha value is -2.98. The number of urea groups is 1. The molecule has 0 bridgehead atoms. The molecule has 0 spiro atoms. The van der Waals surface area contributed by atoms with E-state index in [1.807, 2.05) is 0 Å². The molecule has 0 aliphatic carbocycles. The molecular formula is C17H18N4O5S. The van der Waals surface area contributed by atoms with Crippen molar-refractivity contribution in [1.82, 2.24) is 4.31 Å². The number of amides is 2. The van der Waals surface area contributed by atoms with Gasteiger partial charge < -0.3 is 10.6 Å². The Kier molecular flexibility index (Phi) is 5.38. The van der Waals surface area contributed by atoms with Crippen molar-refractivity contribution in [3.05, 3.63) is 58.6 Å². The van der Waals surface area contributed by atoms with Crippen LogP contribution in [-0.2, 0) is 10.0 Å². The molecule has 3 rings (SSSR count). The summed E-state index contributed by atoms with van der Waals surface area (Å²) in [7, 11) is -3.69. The summed E-state index contributed by atoms with van der Waals surface area (Å²) < 4.78 is 27.0. The van der Waals surface area contributed by atoms with Crippen LogP contribution in [0.2, 0.25) is 0 Å². The largest absolute Gasteiger partial charge is 0.323 e. The van der Waals surface area contributed by atoms with Gasteiger partial charge in [0.05, 0.1) is 10.6 Å². The minimum Gasteiger partial charge on any atom is -0.308 e. The molecule has 0 atom stereocenters. The number of carbonyl (C=O) groups excluding carboxylic acids is 1. The number of sulfonamides is 1. The molecule has 0 radical (unpaired) electrons. The predicted molar refractivity (Wildman–Crippen MR) is 100 cm³/mol. The Bertz CT molecular complexity index is 954. The van der Waals surface area contributed by atoms with Gasteiger partial charge in [-0.3, -0.25) is 10.1 Å². The van der Waals surface area contributed by atoms with E-state index in [-0.39, 0.29) is 16.3 Å². The number of hydrogen-bond donors (Lipinski definition) is 2. The minimum absolute atomic E-state index is 0.0331. The minimum atomic E-state index is -3.69. The summed E-state index contributed by atoms with van der Waals surface area (Å²) in [6.07, 6.45) is 1.63. The van der Waals surface area contributed by atoms with Gasteiger partial charge in [-0.2, -0.15) is 4.31 Å². The molecule has 1 heterocycles. The molecule has 2 amide bonds. The molecule has 142 valence electrons. The maximum absolute atomic E-state index is 12.8. The lowest BCUT2D eigenvalue weighted by atomic mass is 10.3. The number of para-hydroxylation sites is 1. The van der Waals surface area contributed by atoms with Crippen LogP contribution in [0.15, 0.2) is 53.4 Å². The van der Waals surface area contributed by atoms with Gasteiger partial charge in [-0.25, -0.2) is 13.2 Å². The SMILES string of the molecule is O=C(Nc1ccc([N+](=O)[O-])cc1)Nc1ccccc1S(=O)(=O)N1CCCC1. The first-order chi connectivity index (χ1) is 12.9. The van der Waals surface area contributed by atoms with Crippen molar-refractivity contribution in [1.29, 1.82) is 0 Å². The van der Waals surface area contributed by atoms with Gasteiger partial charge in [0.2, 0.25) is 10.0 Å². The molecule has 27 heavy (non-hydrogen) atoms. The van der Waals surface area contributed by atoms with Gasteiger partial charge in [0.15, 0.2) is 0 Å². The standard InChI is InChI=1S/C17H18N4O5S/c22-17(18-13-7-9-14(10-8-13)21(23)24)19-15-5-1-2-6-16(15)27(25,26)20-11-3-4-12-20/h1-2,5-10H,3-4,11-12H2,(H2,18,19,22). The van der Waals surface area contributed by atoms with E-state index in [1.165, 1.54) is 40.7 Å². The molecule has 1 aliphatic rings. The normalized spacial score (nSPS) is 14.7. The first-order valence-corrected chi connectivity index (χ1v) is 9.73. The molecule has 2 aromatic carbocycles. The molecule has 0 aromatic heterocycles. The smallest absolute Gasteiger partial charge is 0.308 e. The average molecular weight is 390 g/mol. The van der Waals surface area contributed by atoms with Crippen LogP contribution in [0.25, 0.3) is 0 Å². The number of nitrogens with one attached hydrogen (secondary N) is 2. The van der Waals surface area contributed by atoms with E-state index in [1.54, 1.807) is 12.1 Å². The van der Waals surface area contributed by atoms with E-state index in [9.17, 15) is 23.3 Å². The molecule has 2 N–H and O–H groups in total. The van der Waals surface area contributed by atoms with Crippen LogP contribution in [0.3, 0.4) is 0 Å². The van der Waals surface area contributed by atoms with Crippen molar-refractivity contribution in [2.75, 3.05) is 23.7 Å². The lowest BCUT2D eigenvalue weighted by Crippen LogP contribution is -2.29. The summed E-state index contributed by atoms with van der Waals surface area (Å²) in [5.41, 5.74) is 0.421. The van der Waals surface area contributed by atoms with Crippen LogP contribution in [0.1, 0.15) is 12.8 Å². The molecule has 9 nitrogen and oxygen atoms in total. The number of nitro groups is 1. The number of non-ortho nitro benzene ring substituents is 1. The van der Waals surface area contributed by atoms with E-state index in [4.69, 9.17) is 0 Å². The monoisotopic (exact) mass is 390 g/mol. The van der Waals surface area contributed by atoms with Gasteiger partial charge in [-0.15, -0.1) is 0 Å².